The number of nitrogens with zero attached hydrogens (tertiary/aromatic N) is 1. The van der Waals surface area contributed by atoms with Gasteiger partial charge in [-0.3, -0.25) is 0 Å². The van der Waals surface area contributed by atoms with Gasteiger partial charge in [0.1, 0.15) is 12.0 Å². The van der Waals surface area contributed by atoms with Crippen LogP contribution in [-0.4, -0.2) is 18.1 Å². The van der Waals surface area contributed by atoms with Crippen molar-refractivity contribution >= 4 is 0 Å². The first-order valence-electron chi connectivity index (χ1n) is 5.99. The number of methoxy groups -OCH3 is 1. The van der Waals surface area contributed by atoms with Crippen molar-refractivity contribution in [3.05, 3.63) is 47.7 Å². The number of oxazole rings is 1. The minimum Gasteiger partial charge on any atom is -0.497 e. The first kappa shape index (κ1) is 12.6. The minimum atomic E-state index is 0.101. The van der Waals surface area contributed by atoms with Gasteiger partial charge in [0.2, 0.25) is 0 Å². The average Bonchev–Trinajstić information content (AvgIpc) is 2.76. The highest BCUT2D eigenvalue weighted by molar-refractivity contribution is 5.28. The highest BCUT2D eigenvalue weighted by Gasteiger charge is 2.07. The molecule has 0 saturated heterocycles. The number of hydrogen-bond acceptors (Lipinski definition) is 4. The maximum absolute atomic E-state index is 5.72. The predicted molar refractivity (Wildman–Crippen MR) is 69.7 cm³/mol. The zero-order valence-electron chi connectivity index (χ0n) is 10.7. The predicted octanol–water partition coefficient (Wildman–Crippen LogP) is 2.16. The molecule has 0 aliphatic heterocycles. The zero-order chi connectivity index (χ0) is 13.0. The van der Waals surface area contributed by atoms with Crippen molar-refractivity contribution in [2.45, 2.75) is 25.8 Å². The van der Waals surface area contributed by atoms with E-state index in [4.69, 9.17) is 14.9 Å². The summed E-state index contributed by atoms with van der Waals surface area (Å²) in [5.74, 6) is 1.57. The Labute approximate surface area is 107 Å². The van der Waals surface area contributed by atoms with Crippen LogP contribution in [0.2, 0.25) is 0 Å². The summed E-state index contributed by atoms with van der Waals surface area (Å²) in [6.07, 6.45) is 3.11. The van der Waals surface area contributed by atoms with E-state index in [2.05, 4.69) is 4.98 Å². The molecule has 1 aromatic carbocycles. The van der Waals surface area contributed by atoms with Gasteiger partial charge in [0, 0.05) is 18.9 Å². The van der Waals surface area contributed by atoms with Gasteiger partial charge in [-0.1, -0.05) is 12.1 Å². The highest BCUT2D eigenvalue weighted by atomic mass is 16.5. The molecule has 0 radical (unpaired) electrons. The molecule has 4 heteroatoms. The summed E-state index contributed by atoms with van der Waals surface area (Å²) < 4.78 is 10.5. The molecule has 4 nitrogen and oxygen atoms in total. The molecule has 1 aromatic heterocycles. The lowest BCUT2D eigenvalue weighted by atomic mass is 10.1. The highest BCUT2D eigenvalue weighted by Crippen LogP contribution is 2.15. The molecule has 1 unspecified atom stereocenters. The zero-order valence-corrected chi connectivity index (χ0v) is 10.7. The molecule has 2 rings (SSSR count). The lowest BCUT2D eigenvalue weighted by Crippen LogP contribution is -2.17. The third kappa shape index (κ3) is 3.34. The molecular formula is C14H18N2O2. The molecule has 0 saturated carbocycles. The summed E-state index contributed by atoms with van der Waals surface area (Å²) in [4.78, 5) is 4.41. The molecule has 0 aliphatic carbocycles. The van der Waals surface area contributed by atoms with Crippen LogP contribution in [0, 0.1) is 0 Å². The minimum absolute atomic E-state index is 0.101. The quantitative estimate of drug-likeness (QED) is 0.878. The fourth-order valence-electron chi connectivity index (χ4n) is 1.77. The van der Waals surface area contributed by atoms with Crippen LogP contribution in [0.3, 0.4) is 0 Å². The first-order valence-corrected chi connectivity index (χ1v) is 5.99. The van der Waals surface area contributed by atoms with Gasteiger partial charge < -0.3 is 14.9 Å². The van der Waals surface area contributed by atoms with E-state index in [0.29, 0.717) is 6.42 Å². The molecule has 0 bridgehead atoms. The van der Waals surface area contributed by atoms with Crippen molar-refractivity contribution in [1.82, 2.24) is 4.98 Å². The van der Waals surface area contributed by atoms with Gasteiger partial charge in [-0.05, 0) is 24.6 Å². The summed E-state index contributed by atoms with van der Waals surface area (Å²) in [6, 6.07) is 7.98. The molecule has 96 valence electrons. The van der Waals surface area contributed by atoms with Gasteiger partial charge in [0.25, 0.3) is 0 Å². The number of nitrogens with two attached hydrogens (primary N) is 1. The molecule has 0 amide bonds. The Morgan fingerprint density at radius 2 is 2.06 bits per heavy atom. The van der Waals surface area contributed by atoms with E-state index >= 15 is 0 Å². The SMILES string of the molecule is COc1ccc(Cc2nc(CC(C)N)co2)cc1. The third-order valence-corrected chi connectivity index (χ3v) is 2.64. The molecule has 1 atom stereocenters. The molecule has 1 heterocycles. The summed E-state index contributed by atoms with van der Waals surface area (Å²) in [6.45, 7) is 1.96. The fourth-order valence-corrected chi connectivity index (χ4v) is 1.77. The number of hydrogen-bond donors (Lipinski definition) is 1. The second kappa shape index (κ2) is 5.69. The molecule has 0 spiro atoms. The van der Waals surface area contributed by atoms with E-state index < -0.39 is 0 Å². The van der Waals surface area contributed by atoms with E-state index in [1.54, 1.807) is 13.4 Å². The Balaban J connectivity index is 2.01. The van der Waals surface area contributed by atoms with Crippen molar-refractivity contribution in [2.75, 3.05) is 7.11 Å². The van der Waals surface area contributed by atoms with Crippen LogP contribution in [0.4, 0.5) is 0 Å². The van der Waals surface area contributed by atoms with E-state index in [1.807, 2.05) is 31.2 Å². The Bertz CT molecular complexity index is 489. The Kier molecular flexibility index (Phi) is 3.99. The van der Waals surface area contributed by atoms with Crippen molar-refractivity contribution in [1.29, 1.82) is 0 Å². The Morgan fingerprint density at radius 1 is 1.33 bits per heavy atom. The van der Waals surface area contributed by atoms with E-state index in [-0.39, 0.29) is 6.04 Å². The fraction of sp³-hybridized carbons (Fsp3) is 0.357. The van der Waals surface area contributed by atoms with Crippen LogP contribution < -0.4 is 10.5 Å². The lowest BCUT2D eigenvalue weighted by molar-refractivity contribution is 0.414. The molecule has 2 N–H and O–H groups in total. The van der Waals surface area contributed by atoms with Gasteiger partial charge in [-0.2, -0.15) is 0 Å². The summed E-state index contributed by atoms with van der Waals surface area (Å²) in [5.41, 5.74) is 7.78. The summed E-state index contributed by atoms with van der Waals surface area (Å²) in [5, 5.41) is 0. The molecule has 2 aromatic rings. The molecular weight excluding hydrogens is 228 g/mol. The first-order chi connectivity index (χ1) is 8.67. The van der Waals surface area contributed by atoms with Gasteiger partial charge in [-0.25, -0.2) is 4.98 Å². The van der Waals surface area contributed by atoms with Crippen LogP contribution in [0.25, 0.3) is 0 Å². The second-order valence-corrected chi connectivity index (χ2v) is 4.44. The molecule has 0 fully saturated rings. The summed E-state index contributed by atoms with van der Waals surface area (Å²) in [7, 11) is 1.66. The van der Waals surface area contributed by atoms with Crippen molar-refractivity contribution < 1.29 is 9.15 Å². The van der Waals surface area contributed by atoms with Gasteiger partial charge >= 0.3 is 0 Å². The largest absolute Gasteiger partial charge is 0.497 e. The van der Waals surface area contributed by atoms with Gasteiger partial charge in [0.15, 0.2) is 5.89 Å². The van der Waals surface area contributed by atoms with Crippen LogP contribution >= 0.6 is 0 Å². The lowest BCUT2D eigenvalue weighted by Gasteiger charge is -2.01. The maximum atomic E-state index is 5.72. The van der Waals surface area contributed by atoms with Crippen LogP contribution in [0.5, 0.6) is 5.75 Å². The molecule has 0 aliphatic rings. The van der Waals surface area contributed by atoms with Crippen LogP contribution in [-0.2, 0) is 12.8 Å². The Hall–Kier alpha value is -1.81. The molecule has 18 heavy (non-hydrogen) atoms. The van der Waals surface area contributed by atoms with Gasteiger partial charge in [0.05, 0.1) is 12.8 Å². The number of aromatic nitrogens is 1. The van der Waals surface area contributed by atoms with Crippen LogP contribution in [0.1, 0.15) is 24.1 Å². The number of ether oxygens (including phenoxy) is 1. The smallest absolute Gasteiger partial charge is 0.198 e. The normalized spacial score (nSPS) is 12.4. The monoisotopic (exact) mass is 246 g/mol. The van der Waals surface area contributed by atoms with Crippen molar-refractivity contribution in [2.24, 2.45) is 5.73 Å². The Morgan fingerprint density at radius 3 is 2.67 bits per heavy atom. The van der Waals surface area contributed by atoms with E-state index in [9.17, 15) is 0 Å². The number of benzene rings is 1. The van der Waals surface area contributed by atoms with Crippen molar-refractivity contribution in [3.63, 3.8) is 0 Å². The van der Waals surface area contributed by atoms with Crippen molar-refractivity contribution in [3.8, 4) is 5.75 Å². The topological polar surface area (TPSA) is 61.3 Å². The standard InChI is InChI=1S/C14H18N2O2/c1-10(15)7-12-9-18-14(16-12)8-11-3-5-13(17-2)6-4-11/h3-6,9-10H,7-8,15H2,1-2H3. The van der Waals surface area contributed by atoms with E-state index in [0.717, 1.165) is 29.3 Å². The van der Waals surface area contributed by atoms with Crippen LogP contribution in [0.15, 0.2) is 34.9 Å². The third-order valence-electron chi connectivity index (χ3n) is 2.64. The van der Waals surface area contributed by atoms with E-state index in [1.165, 1.54) is 0 Å². The number of rotatable bonds is 5. The maximum Gasteiger partial charge on any atom is 0.198 e. The average molecular weight is 246 g/mol. The van der Waals surface area contributed by atoms with Gasteiger partial charge in [-0.15, -0.1) is 0 Å². The second-order valence-electron chi connectivity index (χ2n) is 4.44. The summed E-state index contributed by atoms with van der Waals surface area (Å²) >= 11 is 0.